The third-order valence-corrected chi connectivity index (χ3v) is 3.77. The van der Waals surface area contributed by atoms with Crippen molar-refractivity contribution >= 4 is 12.1 Å². The van der Waals surface area contributed by atoms with Gasteiger partial charge in [-0.3, -0.25) is 4.79 Å². The van der Waals surface area contributed by atoms with Crippen LogP contribution in [-0.2, 0) is 20.7 Å². The molecule has 1 N–H and O–H groups in total. The number of hydrogen-bond acceptors (Lipinski definition) is 4. The number of methoxy groups -OCH3 is 1. The summed E-state index contributed by atoms with van der Waals surface area (Å²) < 4.78 is 10.1. The summed E-state index contributed by atoms with van der Waals surface area (Å²) in [5, 5.41) is 2.96. The molecule has 1 rings (SSSR count). The molecule has 0 bridgehead atoms. The van der Waals surface area contributed by atoms with E-state index in [2.05, 4.69) is 5.32 Å². The molecular formula is C21H31NO4. The van der Waals surface area contributed by atoms with E-state index >= 15 is 0 Å². The Morgan fingerprint density at radius 2 is 1.77 bits per heavy atom. The smallest absolute Gasteiger partial charge is 0.408 e. The zero-order valence-electron chi connectivity index (χ0n) is 16.7. The number of hydrogen-bond donors (Lipinski definition) is 1. The Bertz CT molecular complexity index is 615. The standard InChI is InChI=1S/C21H31NO4/c1-15(2)17(12-13-19(23)25-6)18(14-16-10-8-7-9-11-16)22-20(24)26-21(3,4)5/h7-12,15,18H,13-14H2,1-6H3,(H,22,24)/b17-12+/t18-/m0/s1. The first kappa shape index (κ1) is 21.7. The Hall–Kier alpha value is -2.30. The fourth-order valence-electron chi connectivity index (χ4n) is 2.62. The van der Waals surface area contributed by atoms with E-state index in [-0.39, 0.29) is 24.3 Å². The first-order chi connectivity index (χ1) is 12.1. The van der Waals surface area contributed by atoms with E-state index in [0.717, 1.165) is 11.1 Å². The van der Waals surface area contributed by atoms with Crippen LogP contribution in [0.3, 0.4) is 0 Å². The molecule has 0 aliphatic heterocycles. The van der Waals surface area contributed by atoms with Gasteiger partial charge < -0.3 is 14.8 Å². The van der Waals surface area contributed by atoms with Gasteiger partial charge in [0.05, 0.1) is 19.6 Å². The largest absolute Gasteiger partial charge is 0.469 e. The Kier molecular flexibility index (Phi) is 8.36. The summed E-state index contributed by atoms with van der Waals surface area (Å²) in [4.78, 5) is 23.9. The van der Waals surface area contributed by atoms with Crippen LogP contribution in [-0.4, -0.2) is 30.8 Å². The Labute approximate surface area is 156 Å². The molecule has 1 aromatic carbocycles. The molecule has 0 spiro atoms. The normalized spacial score (nSPS) is 13.3. The molecule has 5 nitrogen and oxygen atoms in total. The van der Waals surface area contributed by atoms with Gasteiger partial charge in [-0.2, -0.15) is 0 Å². The van der Waals surface area contributed by atoms with Crippen molar-refractivity contribution in [2.75, 3.05) is 7.11 Å². The highest BCUT2D eigenvalue weighted by Gasteiger charge is 2.24. The van der Waals surface area contributed by atoms with Crippen molar-refractivity contribution in [2.45, 2.75) is 59.1 Å². The van der Waals surface area contributed by atoms with Crippen LogP contribution in [0.2, 0.25) is 0 Å². The van der Waals surface area contributed by atoms with Crippen molar-refractivity contribution < 1.29 is 19.1 Å². The molecule has 0 saturated heterocycles. The van der Waals surface area contributed by atoms with Gasteiger partial charge in [0.25, 0.3) is 0 Å². The van der Waals surface area contributed by atoms with Crippen molar-refractivity contribution in [1.82, 2.24) is 5.32 Å². The number of alkyl carbamates (subject to hydrolysis) is 1. The second-order valence-electron chi connectivity index (χ2n) is 7.53. The molecule has 144 valence electrons. The predicted octanol–water partition coefficient (Wildman–Crippen LogP) is 4.27. The summed E-state index contributed by atoms with van der Waals surface area (Å²) in [7, 11) is 1.37. The minimum Gasteiger partial charge on any atom is -0.469 e. The van der Waals surface area contributed by atoms with E-state index < -0.39 is 11.7 Å². The van der Waals surface area contributed by atoms with Crippen molar-refractivity contribution in [3.8, 4) is 0 Å². The molecule has 1 aromatic rings. The van der Waals surface area contributed by atoms with Gasteiger partial charge in [0.2, 0.25) is 0 Å². The van der Waals surface area contributed by atoms with Gasteiger partial charge in [-0.15, -0.1) is 0 Å². The average molecular weight is 361 g/mol. The van der Waals surface area contributed by atoms with Crippen LogP contribution >= 0.6 is 0 Å². The minimum atomic E-state index is -0.574. The van der Waals surface area contributed by atoms with Gasteiger partial charge >= 0.3 is 12.1 Å². The molecule has 0 aliphatic rings. The lowest BCUT2D eigenvalue weighted by Crippen LogP contribution is -2.42. The van der Waals surface area contributed by atoms with E-state index in [4.69, 9.17) is 9.47 Å². The summed E-state index contributed by atoms with van der Waals surface area (Å²) in [6.45, 7) is 9.56. The lowest BCUT2D eigenvalue weighted by Gasteiger charge is -2.27. The van der Waals surface area contributed by atoms with Crippen molar-refractivity contribution in [1.29, 1.82) is 0 Å². The van der Waals surface area contributed by atoms with Crippen LogP contribution < -0.4 is 5.32 Å². The summed E-state index contributed by atoms with van der Waals surface area (Å²) in [6.07, 6.45) is 2.17. The molecule has 0 fully saturated rings. The highest BCUT2D eigenvalue weighted by Crippen LogP contribution is 2.20. The Morgan fingerprint density at radius 3 is 2.27 bits per heavy atom. The number of rotatable bonds is 7. The number of ether oxygens (including phenoxy) is 2. The van der Waals surface area contributed by atoms with Gasteiger partial charge in [0.15, 0.2) is 0 Å². The minimum absolute atomic E-state index is 0.156. The first-order valence-electron chi connectivity index (χ1n) is 8.92. The van der Waals surface area contributed by atoms with Gasteiger partial charge in [-0.05, 0) is 44.2 Å². The molecule has 0 unspecified atom stereocenters. The second-order valence-corrected chi connectivity index (χ2v) is 7.53. The molecule has 26 heavy (non-hydrogen) atoms. The van der Waals surface area contributed by atoms with Crippen molar-refractivity contribution in [3.05, 3.63) is 47.5 Å². The Morgan fingerprint density at radius 1 is 1.15 bits per heavy atom. The molecule has 5 heteroatoms. The Balaban J connectivity index is 3.06. The maximum Gasteiger partial charge on any atom is 0.408 e. The van der Waals surface area contributed by atoms with E-state index in [9.17, 15) is 9.59 Å². The van der Waals surface area contributed by atoms with E-state index in [1.54, 1.807) is 0 Å². The fraction of sp³-hybridized carbons (Fsp3) is 0.524. The second kappa shape index (κ2) is 10.00. The summed E-state index contributed by atoms with van der Waals surface area (Å²) in [5.74, 6) is -0.151. The zero-order chi connectivity index (χ0) is 19.7. The highest BCUT2D eigenvalue weighted by molar-refractivity contribution is 5.71. The topological polar surface area (TPSA) is 64.6 Å². The molecule has 0 aromatic heterocycles. The number of carbonyl (C=O) groups is 2. The highest BCUT2D eigenvalue weighted by atomic mass is 16.6. The van der Waals surface area contributed by atoms with Gasteiger partial charge in [0, 0.05) is 0 Å². The molecule has 0 heterocycles. The van der Waals surface area contributed by atoms with Crippen LogP contribution in [0.25, 0.3) is 0 Å². The lowest BCUT2D eigenvalue weighted by molar-refractivity contribution is -0.139. The van der Waals surface area contributed by atoms with E-state index in [1.807, 2.05) is 71.0 Å². The number of benzene rings is 1. The third-order valence-electron chi connectivity index (χ3n) is 3.77. The fourth-order valence-corrected chi connectivity index (χ4v) is 2.62. The van der Waals surface area contributed by atoms with Crippen molar-refractivity contribution in [3.63, 3.8) is 0 Å². The van der Waals surface area contributed by atoms with Crippen LogP contribution in [0.4, 0.5) is 4.79 Å². The molecule has 0 radical (unpaired) electrons. The maximum atomic E-state index is 12.3. The molecule has 0 saturated carbocycles. The number of nitrogens with one attached hydrogen (secondary N) is 1. The summed E-state index contributed by atoms with van der Waals surface area (Å²) >= 11 is 0. The molecule has 0 aliphatic carbocycles. The quantitative estimate of drug-likeness (QED) is 0.582. The summed E-state index contributed by atoms with van der Waals surface area (Å²) in [6, 6.07) is 9.65. The van der Waals surface area contributed by atoms with Gasteiger partial charge in [0.1, 0.15) is 5.60 Å². The maximum absolute atomic E-state index is 12.3. The predicted molar refractivity (Wildman–Crippen MR) is 103 cm³/mol. The van der Waals surface area contributed by atoms with Gasteiger partial charge in [-0.25, -0.2) is 4.79 Å². The average Bonchev–Trinajstić information content (AvgIpc) is 2.53. The first-order valence-corrected chi connectivity index (χ1v) is 8.92. The zero-order valence-corrected chi connectivity index (χ0v) is 16.7. The molecular weight excluding hydrogens is 330 g/mol. The van der Waals surface area contributed by atoms with E-state index in [0.29, 0.717) is 6.42 Å². The third kappa shape index (κ3) is 8.19. The molecule has 1 atom stereocenters. The molecule has 1 amide bonds. The number of amides is 1. The van der Waals surface area contributed by atoms with Crippen molar-refractivity contribution in [2.24, 2.45) is 5.92 Å². The van der Waals surface area contributed by atoms with Crippen LogP contribution in [0.5, 0.6) is 0 Å². The van der Waals surface area contributed by atoms with Crippen LogP contribution in [0.15, 0.2) is 42.0 Å². The van der Waals surface area contributed by atoms with Crippen LogP contribution in [0, 0.1) is 5.92 Å². The number of carbonyl (C=O) groups excluding carboxylic acids is 2. The monoisotopic (exact) mass is 361 g/mol. The lowest BCUT2D eigenvalue weighted by atomic mass is 9.90. The number of esters is 1. The van der Waals surface area contributed by atoms with Gasteiger partial charge in [-0.1, -0.05) is 50.3 Å². The SMILES string of the molecule is COC(=O)C/C=C(\C(C)C)[C@H](Cc1ccccc1)NC(=O)OC(C)(C)C. The van der Waals surface area contributed by atoms with E-state index in [1.165, 1.54) is 7.11 Å². The summed E-state index contributed by atoms with van der Waals surface area (Å²) in [5.41, 5.74) is 1.50. The van der Waals surface area contributed by atoms with Crippen LogP contribution in [0.1, 0.15) is 46.6 Å².